The Morgan fingerprint density at radius 1 is 1.35 bits per heavy atom. The summed E-state index contributed by atoms with van der Waals surface area (Å²) < 4.78 is 0. The molecule has 0 N–H and O–H groups in total. The Bertz CT molecular complexity index is 605. The third-order valence-corrected chi connectivity index (χ3v) is 5.49. The molecule has 0 spiro atoms. The standard InChI is InChI=1S/C17H23N3O2S/c1-18(2)14-11-13-5-3-4-6-15(13)20(12-14)16(21)7-8-19-9-10-23-17(19)22/h3-6,14H,7-12H2,1-2H3/t14-/m0/s1. The maximum atomic E-state index is 12.8. The SMILES string of the molecule is CN(C)[C@H]1Cc2ccccc2N(C(=O)CCN2CCSC2=O)C1. The fourth-order valence-corrected chi connectivity index (χ4v) is 4.00. The first kappa shape index (κ1) is 16.3. The second-order valence-electron chi connectivity index (χ2n) is 6.31. The van der Waals surface area contributed by atoms with E-state index >= 15 is 0 Å². The second-order valence-corrected chi connectivity index (χ2v) is 7.35. The van der Waals surface area contributed by atoms with Gasteiger partial charge in [0.1, 0.15) is 0 Å². The molecule has 23 heavy (non-hydrogen) atoms. The maximum absolute atomic E-state index is 12.8. The number of hydrogen-bond donors (Lipinski definition) is 0. The van der Waals surface area contributed by atoms with Crippen LogP contribution in [0.4, 0.5) is 10.5 Å². The van der Waals surface area contributed by atoms with Crippen molar-refractivity contribution in [3.8, 4) is 0 Å². The predicted octanol–water partition coefficient (Wildman–Crippen LogP) is 2.06. The van der Waals surface area contributed by atoms with Gasteiger partial charge in [-0.3, -0.25) is 9.59 Å². The minimum atomic E-state index is 0.100. The summed E-state index contributed by atoms with van der Waals surface area (Å²) >= 11 is 1.34. The van der Waals surface area contributed by atoms with Crippen molar-refractivity contribution in [2.24, 2.45) is 0 Å². The van der Waals surface area contributed by atoms with Crippen molar-refractivity contribution >= 4 is 28.6 Å². The number of nitrogens with zero attached hydrogens (tertiary/aromatic N) is 3. The summed E-state index contributed by atoms with van der Waals surface area (Å²) in [5.41, 5.74) is 2.25. The molecule has 2 amide bonds. The molecule has 2 aliphatic rings. The van der Waals surface area contributed by atoms with E-state index in [4.69, 9.17) is 0 Å². The third-order valence-electron chi connectivity index (χ3n) is 4.60. The van der Waals surface area contributed by atoms with E-state index < -0.39 is 0 Å². The zero-order valence-electron chi connectivity index (χ0n) is 13.7. The van der Waals surface area contributed by atoms with Gasteiger partial charge in [0.2, 0.25) is 5.91 Å². The lowest BCUT2D eigenvalue weighted by molar-refractivity contribution is -0.119. The number of thioether (sulfide) groups is 1. The minimum Gasteiger partial charge on any atom is -0.332 e. The summed E-state index contributed by atoms with van der Waals surface area (Å²) in [6.45, 7) is 2.00. The molecule has 0 saturated carbocycles. The topological polar surface area (TPSA) is 43.9 Å². The van der Waals surface area contributed by atoms with Gasteiger partial charge in [0.15, 0.2) is 0 Å². The average molecular weight is 333 g/mol. The number of benzene rings is 1. The molecule has 1 aromatic rings. The van der Waals surface area contributed by atoms with Gasteiger partial charge in [-0.2, -0.15) is 0 Å². The summed E-state index contributed by atoms with van der Waals surface area (Å²) in [5, 5.41) is 0.100. The molecule has 3 rings (SSSR count). The zero-order chi connectivity index (χ0) is 16.4. The Balaban J connectivity index is 1.72. The number of anilines is 1. The molecule has 1 saturated heterocycles. The first-order valence-corrected chi connectivity index (χ1v) is 9.01. The zero-order valence-corrected chi connectivity index (χ0v) is 14.5. The van der Waals surface area contributed by atoms with E-state index in [-0.39, 0.29) is 11.1 Å². The number of amides is 2. The molecule has 6 heteroatoms. The number of hydrogen-bond acceptors (Lipinski definition) is 4. The normalized spacial score (nSPS) is 21.0. The van der Waals surface area contributed by atoms with E-state index in [9.17, 15) is 9.59 Å². The monoisotopic (exact) mass is 333 g/mol. The molecule has 0 bridgehead atoms. The van der Waals surface area contributed by atoms with Crippen molar-refractivity contribution in [3.63, 3.8) is 0 Å². The van der Waals surface area contributed by atoms with Gasteiger partial charge in [0.25, 0.3) is 5.24 Å². The highest BCUT2D eigenvalue weighted by Crippen LogP contribution is 2.29. The van der Waals surface area contributed by atoms with Gasteiger partial charge in [-0.05, 0) is 32.1 Å². The smallest absolute Gasteiger partial charge is 0.281 e. The molecule has 0 aromatic heterocycles. The number of fused-ring (bicyclic) bond motifs is 1. The molecule has 1 atom stereocenters. The lowest BCUT2D eigenvalue weighted by atomic mass is 9.97. The molecule has 2 aliphatic heterocycles. The van der Waals surface area contributed by atoms with E-state index in [1.165, 1.54) is 17.3 Å². The van der Waals surface area contributed by atoms with E-state index in [2.05, 4.69) is 25.1 Å². The van der Waals surface area contributed by atoms with Crippen LogP contribution in [0.1, 0.15) is 12.0 Å². The minimum absolute atomic E-state index is 0.100. The molecule has 1 aromatic carbocycles. The first-order chi connectivity index (χ1) is 11.1. The van der Waals surface area contributed by atoms with Crippen molar-refractivity contribution in [1.82, 2.24) is 9.80 Å². The number of rotatable bonds is 4. The van der Waals surface area contributed by atoms with Gasteiger partial charge in [-0.1, -0.05) is 30.0 Å². The quantitative estimate of drug-likeness (QED) is 0.846. The van der Waals surface area contributed by atoms with Crippen molar-refractivity contribution < 1.29 is 9.59 Å². The number of para-hydroxylation sites is 1. The molecular weight excluding hydrogens is 310 g/mol. The van der Waals surface area contributed by atoms with Gasteiger partial charge < -0.3 is 14.7 Å². The van der Waals surface area contributed by atoms with Crippen molar-refractivity contribution in [1.29, 1.82) is 0 Å². The van der Waals surface area contributed by atoms with E-state index in [1.807, 2.05) is 23.1 Å². The van der Waals surface area contributed by atoms with Gasteiger partial charge in [-0.25, -0.2) is 0 Å². The van der Waals surface area contributed by atoms with Crippen LogP contribution in [0.2, 0.25) is 0 Å². The summed E-state index contributed by atoms with van der Waals surface area (Å²) in [6, 6.07) is 8.47. The van der Waals surface area contributed by atoms with Gasteiger partial charge in [0.05, 0.1) is 0 Å². The third kappa shape index (κ3) is 3.53. The van der Waals surface area contributed by atoms with E-state index in [0.29, 0.717) is 25.6 Å². The lowest BCUT2D eigenvalue weighted by Crippen LogP contribution is -2.48. The fraction of sp³-hybridized carbons (Fsp3) is 0.529. The molecule has 1 fully saturated rings. The molecule has 124 valence electrons. The van der Waals surface area contributed by atoms with Crippen molar-refractivity contribution in [3.05, 3.63) is 29.8 Å². The Kier molecular flexibility index (Phi) is 4.92. The van der Waals surface area contributed by atoms with Crippen LogP contribution < -0.4 is 4.90 Å². The van der Waals surface area contributed by atoms with E-state index in [1.54, 1.807) is 4.90 Å². The summed E-state index contributed by atoms with van der Waals surface area (Å²) in [5.74, 6) is 0.941. The first-order valence-electron chi connectivity index (χ1n) is 8.02. The maximum Gasteiger partial charge on any atom is 0.281 e. The van der Waals surface area contributed by atoms with Crippen LogP contribution >= 0.6 is 11.8 Å². The number of carbonyl (C=O) groups excluding carboxylic acids is 2. The highest BCUT2D eigenvalue weighted by molar-refractivity contribution is 8.13. The predicted molar refractivity (Wildman–Crippen MR) is 94.0 cm³/mol. The molecule has 2 heterocycles. The van der Waals surface area contributed by atoms with Crippen LogP contribution in [0.25, 0.3) is 0 Å². The highest BCUT2D eigenvalue weighted by atomic mass is 32.2. The molecule has 5 nitrogen and oxygen atoms in total. The second kappa shape index (κ2) is 6.93. The fourth-order valence-electron chi connectivity index (χ4n) is 3.15. The Morgan fingerprint density at radius 2 is 2.13 bits per heavy atom. The lowest BCUT2D eigenvalue weighted by Gasteiger charge is -2.37. The Morgan fingerprint density at radius 3 is 2.83 bits per heavy atom. The highest BCUT2D eigenvalue weighted by Gasteiger charge is 2.30. The summed E-state index contributed by atoms with van der Waals surface area (Å²) in [4.78, 5) is 30.3. The summed E-state index contributed by atoms with van der Waals surface area (Å²) in [7, 11) is 4.11. The largest absolute Gasteiger partial charge is 0.332 e. The number of carbonyl (C=O) groups is 2. The molecule has 0 aliphatic carbocycles. The van der Waals surface area contributed by atoms with Crippen LogP contribution in [-0.2, 0) is 11.2 Å². The Labute approximate surface area is 141 Å². The molecular formula is C17H23N3O2S. The van der Waals surface area contributed by atoms with E-state index in [0.717, 1.165) is 24.4 Å². The van der Waals surface area contributed by atoms with Gasteiger partial charge in [-0.15, -0.1) is 0 Å². The van der Waals surface area contributed by atoms with Gasteiger partial charge in [0, 0.05) is 43.5 Å². The molecule has 0 radical (unpaired) electrons. The van der Waals surface area contributed by atoms with Gasteiger partial charge >= 0.3 is 0 Å². The van der Waals surface area contributed by atoms with Crippen LogP contribution in [0.15, 0.2) is 24.3 Å². The van der Waals surface area contributed by atoms with Crippen LogP contribution in [0.3, 0.4) is 0 Å². The Hall–Kier alpha value is -1.53. The average Bonchev–Trinajstić information content (AvgIpc) is 2.96. The van der Waals surface area contributed by atoms with Crippen molar-refractivity contribution in [2.75, 3.05) is 44.4 Å². The molecule has 0 unspecified atom stereocenters. The number of likely N-dealkylation sites (N-methyl/N-ethyl adjacent to an activating group) is 1. The van der Waals surface area contributed by atoms with Crippen LogP contribution in [-0.4, -0.2) is 66.5 Å². The van der Waals surface area contributed by atoms with Crippen LogP contribution in [0.5, 0.6) is 0 Å². The van der Waals surface area contributed by atoms with Crippen LogP contribution in [0, 0.1) is 0 Å². The van der Waals surface area contributed by atoms with Crippen molar-refractivity contribution in [2.45, 2.75) is 18.9 Å². The summed E-state index contributed by atoms with van der Waals surface area (Å²) in [6.07, 6.45) is 1.36.